The second-order valence-corrected chi connectivity index (χ2v) is 5.55. The summed E-state index contributed by atoms with van der Waals surface area (Å²) in [5, 5.41) is 0. The third-order valence-electron chi connectivity index (χ3n) is 2.71. The summed E-state index contributed by atoms with van der Waals surface area (Å²) in [7, 11) is 0.479. The van der Waals surface area contributed by atoms with Gasteiger partial charge >= 0.3 is 17.1 Å². The third kappa shape index (κ3) is 3.35. The van der Waals surface area contributed by atoms with E-state index in [4.69, 9.17) is 0 Å². The Balaban J connectivity index is 3.45. The number of hydrogen-bond acceptors (Lipinski definition) is 3. The Kier molecular flexibility index (Phi) is 6.17. The second-order valence-electron chi connectivity index (χ2n) is 4.23. The van der Waals surface area contributed by atoms with Crippen LogP contribution in [0.2, 0.25) is 6.04 Å². The van der Waals surface area contributed by atoms with Gasteiger partial charge in [0.05, 0.1) is 22.6 Å². The van der Waals surface area contributed by atoms with Gasteiger partial charge in [-0.05, 0) is 0 Å². The first-order valence-corrected chi connectivity index (χ1v) is 7.86. The molecule has 0 bridgehead atoms. The summed E-state index contributed by atoms with van der Waals surface area (Å²) in [5.74, 6) is 0. The van der Waals surface area contributed by atoms with Crippen molar-refractivity contribution in [1.82, 2.24) is 13.7 Å². The number of hydrogen-bond donors (Lipinski definition) is 0. The molecule has 1 rings (SSSR count). The molecule has 0 aliphatic heterocycles. The van der Waals surface area contributed by atoms with E-state index in [0.717, 1.165) is 26.2 Å². The monoisotopic (exact) mass is 293 g/mol. The first-order valence-electron chi connectivity index (χ1n) is 6.45. The van der Waals surface area contributed by atoms with Crippen molar-refractivity contribution in [1.29, 1.82) is 0 Å². The van der Waals surface area contributed by atoms with Gasteiger partial charge in [0.25, 0.3) is 0 Å². The zero-order chi connectivity index (χ0) is 15.1. The summed E-state index contributed by atoms with van der Waals surface area (Å²) in [6.45, 7) is 9.28. The van der Waals surface area contributed by atoms with Crippen LogP contribution in [0.15, 0.2) is 39.7 Å². The van der Waals surface area contributed by atoms with Gasteiger partial charge in [-0.1, -0.05) is 31.5 Å². The molecule has 108 valence electrons. The van der Waals surface area contributed by atoms with Crippen molar-refractivity contribution in [3.05, 3.63) is 56.8 Å². The van der Waals surface area contributed by atoms with E-state index < -0.39 is 17.1 Å². The maximum absolute atomic E-state index is 12.2. The summed E-state index contributed by atoms with van der Waals surface area (Å²) in [4.78, 5) is 36.5. The quantitative estimate of drug-likeness (QED) is 0.386. The van der Waals surface area contributed by atoms with E-state index in [1.807, 2.05) is 6.92 Å². The van der Waals surface area contributed by atoms with Crippen molar-refractivity contribution in [3.63, 3.8) is 0 Å². The highest BCUT2D eigenvalue weighted by molar-refractivity contribution is 6.33. The second kappa shape index (κ2) is 7.64. The first-order chi connectivity index (χ1) is 9.58. The average molecular weight is 293 g/mol. The van der Waals surface area contributed by atoms with E-state index in [1.165, 1.54) is 12.2 Å². The van der Waals surface area contributed by atoms with Crippen molar-refractivity contribution in [2.45, 2.75) is 38.6 Å². The molecule has 1 aromatic rings. The van der Waals surface area contributed by atoms with Gasteiger partial charge in [0.1, 0.15) is 0 Å². The average Bonchev–Trinajstić information content (AvgIpc) is 2.43. The molecule has 0 amide bonds. The molecule has 0 fully saturated rings. The van der Waals surface area contributed by atoms with Gasteiger partial charge in [-0.2, -0.15) is 0 Å². The van der Waals surface area contributed by atoms with E-state index in [-0.39, 0.29) is 13.1 Å². The molecule has 0 aromatic carbocycles. The molecule has 0 aliphatic carbocycles. The summed E-state index contributed by atoms with van der Waals surface area (Å²) < 4.78 is 3.17. The van der Waals surface area contributed by atoms with Crippen LogP contribution in [-0.2, 0) is 19.3 Å². The Morgan fingerprint density at radius 2 is 1.40 bits per heavy atom. The minimum absolute atomic E-state index is 0.0893. The SMILES string of the molecule is C=CCn1c(=O)n(CC=C)c(=O)n(C[Si]CCC)c1=O. The number of aromatic nitrogens is 3. The van der Waals surface area contributed by atoms with Gasteiger partial charge in [-0.15, -0.1) is 13.2 Å². The van der Waals surface area contributed by atoms with E-state index in [9.17, 15) is 14.4 Å². The molecule has 6 nitrogen and oxygen atoms in total. The van der Waals surface area contributed by atoms with Crippen LogP contribution in [0.5, 0.6) is 0 Å². The summed E-state index contributed by atoms with van der Waals surface area (Å²) in [6.07, 6.45) is 4.27. The molecule has 0 spiro atoms. The minimum Gasteiger partial charge on any atom is -0.248 e. The maximum atomic E-state index is 12.2. The van der Waals surface area contributed by atoms with E-state index >= 15 is 0 Å². The molecule has 1 aromatic heterocycles. The summed E-state index contributed by atoms with van der Waals surface area (Å²) in [5.41, 5.74) is -1.75. The minimum atomic E-state index is -0.616. The third-order valence-corrected chi connectivity index (χ3v) is 4.10. The van der Waals surface area contributed by atoms with Crippen LogP contribution in [-0.4, -0.2) is 23.2 Å². The van der Waals surface area contributed by atoms with Gasteiger partial charge in [-0.25, -0.2) is 28.1 Å². The lowest BCUT2D eigenvalue weighted by Gasteiger charge is -2.11. The predicted octanol–water partition coefficient (Wildman–Crippen LogP) is 0.0337. The number of rotatable bonds is 8. The first kappa shape index (κ1) is 16.2. The van der Waals surface area contributed by atoms with Crippen molar-refractivity contribution in [2.75, 3.05) is 0 Å². The normalized spacial score (nSPS) is 10.4. The Labute approximate surface area is 119 Å². The number of allylic oxidation sites excluding steroid dienone is 2. The van der Waals surface area contributed by atoms with E-state index in [2.05, 4.69) is 13.2 Å². The van der Waals surface area contributed by atoms with Gasteiger partial charge < -0.3 is 0 Å². The Hall–Kier alpha value is -1.89. The molecule has 0 atom stereocenters. The van der Waals surface area contributed by atoms with E-state index in [1.54, 1.807) is 0 Å². The highest BCUT2D eigenvalue weighted by atomic mass is 28.2. The van der Waals surface area contributed by atoms with E-state index in [0.29, 0.717) is 15.7 Å². The summed E-state index contributed by atoms with van der Waals surface area (Å²) >= 11 is 0. The lowest BCUT2D eigenvalue weighted by atomic mass is 10.5. The maximum Gasteiger partial charge on any atom is 0.336 e. The fourth-order valence-corrected chi connectivity index (χ4v) is 2.76. The topological polar surface area (TPSA) is 66.0 Å². The van der Waals surface area contributed by atoms with Crippen LogP contribution in [0.4, 0.5) is 0 Å². The molecule has 0 N–H and O–H groups in total. The van der Waals surface area contributed by atoms with Crippen molar-refractivity contribution in [3.8, 4) is 0 Å². The summed E-state index contributed by atoms with van der Waals surface area (Å²) in [6, 6.07) is 0.952. The van der Waals surface area contributed by atoms with Crippen molar-refractivity contribution in [2.24, 2.45) is 0 Å². The van der Waals surface area contributed by atoms with Crippen LogP contribution in [0.3, 0.4) is 0 Å². The largest absolute Gasteiger partial charge is 0.336 e. The molecule has 7 heteroatoms. The fourth-order valence-electron chi connectivity index (χ4n) is 1.76. The Morgan fingerprint density at radius 1 is 0.950 bits per heavy atom. The molecule has 2 radical (unpaired) electrons. The van der Waals surface area contributed by atoms with Gasteiger partial charge in [-0.3, -0.25) is 0 Å². The van der Waals surface area contributed by atoms with Crippen LogP contribution in [0.25, 0.3) is 0 Å². The lowest BCUT2D eigenvalue weighted by molar-refractivity contribution is 0.509. The highest BCUT2D eigenvalue weighted by Crippen LogP contribution is 1.86. The molecule has 0 unspecified atom stereocenters. The van der Waals surface area contributed by atoms with Gasteiger partial charge in [0.15, 0.2) is 0 Å². The molecule has 0 saturated heterocycles. The van der Waals surface area contributed by atoms with Gasteiger partial charge in [0.2, 0.25) is 0 Å². The lowest BCUT2D eigenvalue weighted by Crippen LogP contribution is -2.54. The molecule has 1 heterocycles. The van der Waals surface area contributed by atoms with Gasteiger partial charge in [0, 0.05) is 6.17 Å². The van der Waals surface area contributed by atoms with Crippen molar-refractivity contribution < 1.29 is 0 Å². The van der Waals surface area contributed by atoms with Crippen LogP contribution < -0.4 is 17.1 Å². The Bertz CT molecular complexity index is 606. The van der Waals surface area contributed by atoms with Crippen LogP contribution >= 0.6 is 0 Å². The smallest absolute Gasteiger partial charge is 0.248 e. The molecule has 20 heavy (non-hydrogen) atoms. The predicted molar refractivity (Wildman–Crippen MR) is 80.5 cm³/mol. The Morgan fingerprint density at radius 3 is 1.80 bits per heavy atom. The number of nitrogens with zero attached hydrogens (tertiary/aromatic N) is 3. The standard InChI is InChI=1S/C13H19N3O3Si/c1-4-7-14-11(17)15(8-5-2)13(19)16(12(14)18)10-20-9-6-3/h4-5H,1-2,6-10H2,3H3. The molecular weight excluding hydrogens is 274 g/mol. The zero-order valence-electron chi connectivity index (χ0n) is 11.7. The van der Waals surface area contributed by atoms with Crippen LogP contribution in [0.1, 0.15) is 13.3 Å². The highest BCUT2D eigenvalue weighted by Gasteiger charge is 2.13. The fraction of sp³-hybridized carbons (Fsp3) is 0.462. The van der Waals surface area contributed by atoms with Crippen molar-refractivity contribution >= 4 is 9.52 Å². The molecule has 0 aliphatic rings. The molecule has 0 saturated carbocycles. The molecular formula is C13H19N3O3Si. The zero-order valence-corrected chi connectivity index (χ0v) is 12.7. The van der Waals surface area contributed by atoms with Crippen LogP contribution in [0, 0.1) is 0 Å².